The Kier molecular flexibility index (Phi) is 3.97. The smallest absolute Gasteiger partial charge is 0.296 e. The molecule has 5 nitrogen and oxygen atoms in total. The average molecular weight is 258 g/mol. The normalized spacial score (nSPS) is 9.95. The number of nitro groups is 1. The predicted octanol–water partition coefficient (Wildman–Crippen LogP) is 3.22. The van der Waals surface area contributed by atoms with Crippen LogP contribution in [-0.2, 0) is 6.54 Å². The Labute approximate surface area is 111 Å². The number of hydrogen-bond acceptors (Lipinski definition) is 4. The van der Waals surface area contributed by atoms with Crippen molar-refractivity contribution >= 4 is 11.4 Å². The van der Waals surface area contributed by atoms with Gasteiger partial charge in [-0.2, -0.15) is 0 Å². The van der Waals surface area contributed by atoms with Gasteiger partial charge in [-0.05, 0) is 11.6 Å². The van der Waals surface area contributed by atoms with Crippen molar-refractivity contribution in [1.82, 2.24) is 0 Å². The van der Waals surface area contributed by atoms with Crippen LogP contribution in [0.2, 0.25) is 0 Å². The van der Waals surface area contributed by atoms with Crippen molar-refractivity contribution in [2.45, 2.75) is 6.54 Å². The molecule has 0 aromatic heterocycles. The molecule has 19 heavy (non-hydrogen) atoms. The van der Waals surface area contributed by atoms with Crippen LogP contribution in [0.5, 0.6) is 5.75 Å². The summed E-state index contributed by atoms with van der Waals surface area (Å²) >= 11 is 0. The zero-order valence-electron chi connectivity index (χ0n) is 10.5. The van der Waals surface area contributed by atoms with Crippen LogP contribution in [0, 0.1) is 10.1 Å². The van der Waals surface area contributed by atoms with E-state index in [0.717, 1.165) is 5.56 Å². The number of ether oxygens (including phenoxy) is 1. The molecule has 0 amide bonds. The highest BCUT2D eigenvalue weighted by atomic mass is 16.6. The summed E-state index contributed by atoms with van der Waals surface area (Å²) in [5.74, 6) is 0.463. The second-order valence-corrected chi connectivity index (χ2v) is 3.95. The van der Waals surface area contributed by atoms with Gasteiger partial charge in [0.05, 0.1) is 12.0 Å². The number of para-hydroxylation sites is 1. The third kappa shape index (κ3) is 3.01. The zero-order valence-corrected chi connectivity index (χ0v) is 10.5. The molecule has 0 spiro atoms. The minimum absolute atomic E-state index is 0.00952. The van der Waals surface area contributed by atoms with E-state index in [-0.39, 0.29) is 5.69 Å². The molecule has 0 radical (unpaired) electrons. The molecule has 5 heteroatoms. The molecule has 0 bridgehead atoms. The van der Waals surface area contributed by atoms with E-state index in [0.29, 0.717) is 18.0 Å². The van der Waals surface area contributed by atoms with Crippen LogP contribution in [0.3, 0.4) is 0 Å². The van der Waals surface area contributed by atoms with E-state index >= 15 is 0 Å². The molecule has 0 aliphatic heterocycles. The molecule has 0 aliphatic carbocycles. The van der Waals surface area contributed by atoms with Crippen molar-refractivity contribution in [3.8, 4) is 5.75 Å². The minimum atomic E-state index is -0.421. The highest BCUT2D eigenvalue weighted by molar-refractivity contribution is 5.70. The van der Waals surface area contributed by atoms with Crippen molar-refractivity contribution in [2.75, 3.05) is 12.4 Å². The Morgan fingerprint density at radius 1 is 1.16 bits per heavy atom. The Morgan fingerprint density at radius 3 is 2.53 bits per heavy atom. The van der Waals surface area contributed by atoms with Crippen molar-refractivity contribution < 1.29 is 9.66 Å². The van der Waals surface area contributed by atoms with Gasteiger partial charge in [0.1, 0.15) is 5.75 Å². The predicted molar refractivity (Wildman–Crippen MR) is 73.4 cm³/mol. The maximum Gasteiger partial charge on any atom is 0.296 e. The van der Waals surface area contributed by atoms with Crippen LogP contribution in [0.1, 0.15) is 5.56 Å². The molecule has 2 aromatic rings. The third-order valence-corrected chi connectivity index (χ3v) is 2.73. The molecule has 0 saturated heterocycles. The van der Waals surface area contributed by atoms with Gasteiger partial charge in [0.15, 0.2) is 5.69 Å². The molecule has 1 N–H and O–H groups in total. The van der Waals surface area contributed by atoms with E-state index < -0.39 is 4.92 Å². The lowest BCUT2D eigenvalue weighted by Gasteiger charge is -2.11. The third-order valence-electron chi connectivity index (χ3n) is 2.73. The molecular formula is C14H14N2O3. The second-order valence-electron chi connectivity index (χ2n) is 3.95. The molecule has 98 valence electrons. The lowest BCUT2D eigenvalue weighted by Crippen LogP contribution is -2.04. The first-order chi connectivity index (χ1) is 9.22. The van der Waals surface area contributed by atoms with Gasteiger partial charge in [0.2, 0.25) is 0 Å². The largest absolute Gasteiger partial charge is 0.494 e. The summed E-state index contributed by atoms with van der Waals surface area (Å²) in [7, 11) is 1.49. The molecule has 2 aromatic carbocycles. The number of anilines is 1. The van der Waals surface area contributed by atoms with Gasteiger partial charge in [-0.25, -0.2) is 0 Å². The van der Waals surface area contributed by atoms with Gasteiger partial charge in [0, 0.05) is 12.6 Å². The van der Waals surface area contributed by atoms with Crippen LogP contribution in [0.15, 0.2) is 48.5 Å². The SMILES string of the molecule is COc1cccc([N+](=O)[O-])c1NCc1ccccc1. The molecule has 0 unspecified atom stereocenters. The standard InChI is InChI=1S/C14H14N2O3/c1-19-13-9-5-8-12(16(17)18)14(13)15-10-11-6-3-2-4-7-11/h2-9,15H,10H2,1H3. The van der Waals surface area contributed by atoms with Crippen molar-refractivity contribution in [3.63, 3.8) is 0 Å². The Balaban J connectivity index is 2.25. The number of nitrogens with one attached hydrogen (secondary N) is 1. The molecule has 0 atom stereocenters. The number of nitrogens with zero attached hydrogens (tertiary/aromatic N) is 1. The topological polar surface area (TPSA) is 64.4 Å². The van der Waals surface area contributed by atoms with Gasteiger partial charge in [-0.3, -0.25) is 10.1 Å². The Bertz CT molecular complexity index is 570. The maximum atomic E-state index is 11.0. The fraction of sp³-hybridized carbons (Fsp3) is 0.143. The first kappa shape index (κ1) is 12.9. The number of hydrogen-bond donors (Lipinski definition) is 1. The van der Waals surface area contributed by atoms with Crippen LogP contribution >= 0.6 is 0 Å². The zero-order chi connectivity index (χ0) is 13.7. The number of benzene rings is 2. The van der Waals surface area contributed by atoms with Gasteiger partial charge in [0.25, 0.3) is 5.69 Å². The molecule has 0 saturated carbocycles. The Hall–Kier alpha value is -2.56. The van der Waals surface area contributed by atoms with E-state index in [1.807, 2.05) is 30.3 Å². The van der Waals surface area contributed by atoms with Crippen LogP contribution < -0.4 is 10.1 Å². The van der Waals surface area contributed by atoms with E-state index in [1.54, 1.807) is 12.1 Å². The minimum Gasteiger partial charge on any atom is -0.494 e. The number of nitro benzene ring substituents is 1. The van der Waals surface area contributed by atoms with Crippen molar-refractivity contribution in [3.05, 3.63) is 64.2 Å². The molecule has 0 aliphatic rings. The maximum absolute atomic E-state index is 11.0. The number of methoxy groups -OCH3 is 1. The summed E-state index contributed by atoms with van der Waals surface area (Å²) in [6.45, 7) is 0.502. The monoisotopic (exact) mass is 258 g/mol. The Morgan fingerprint density at radius 2 is 1.89 bits per heavy atom. The summed E-state index contributed by atoms with van der Waals surface area (Å²) in [5, 5.41) is 14.1. The van der Waals surface area contributed by atoms with Crippen molar-refractivity contribution in [1.29, 1.82) is 0 Å². The van der Waals surface area contributed by atoms with E-state index in [9.17, 15) is 10.1 Å². The lowest BCUT2D eigenvalue weighted by molar-refractivity contribution is -0.384. The summed E-state index contributed by atoms with van der Waals surface area (Å²) in [4.78, 5) is 10.6. The summed E-state index contributed by atoms with van der Waals surface area (Å²) in [5.41, 5.74) is 1.46. The first-order valence-corrected chi connectivity index (χ1v) is 5.81. The van der Waals surface area contributed by atoms with Crippen molar-refractivity contribution in [2.24, 2.45) is 0 Å². The van der Waals surface area contributed by atoms with E-state index in [1.165, 1.54) is 13.2 Å². The lowest BCUT2D eigenvalue weighted by atomic mass is 10.2. The molecule has 2 rings (SSSR count). The first-order valence-electron chi connectivity index (χ1n) is 5.81. The highest BCUT2D eigenvalue weighted by Crippen LogP contribution is 2.34. The second kappa shape index (κ2) is 5.86. The highest BCUT2D eigenvalue weighted by Gasteiger charge is 2.17. The van der Waals surface area contributed by atoms with Gasteiger partial charge in [-0.15, -0.1) is 0 Å². The summed E-state index contributed by atoms with van der Waals surface area (Å²) in [6, 6.07) is 14.4. The van der Waals surface area contributed by atoms with E-state index in [4.69, 9.17) is 4.74 Å². The quantitative estimate of drug-likeness (QED) is 0.660. The van der Waals surface area contributed by atoms with Crippen LogP contribution in [0.25, 0.3) is 0 Å². The summed E-state index contributed by atoms with van der Waals surface area (Å²) < 4.78 is 5.16. The molecular weight excluding hydrogens is 244 g/mol. The van der Waals surface area contributed by atoms with Gasteiger partial charge >= 0.3 is 0 Å². The van der Waals surface area contributed by atoms with Crippen LogP contribution in [0.4, 0.5) is 11.4 Å². The van der Waals surface area contributed by atoms with Gasteiger partial charge < -0.3 is 10.1 Å². The van der Waals surface area contributed by atoms with Gasteiger partial charge in [-0.1, -0.05) is 36.4 Å². The molecule has 0 heterocycles. The molecule has 0 fully saturated rings. The van der Waals surface area contributed by atoms with E-state index in [2.05, 4.69) is 5.32 Å². The van der Waals surface area contributed by atoms with Crippen LogP contribution in [-0.4, -0.2) is 12.0 Å². The fourth-order valence-electron chi connectivity index (χ4n) is 1.81. The fourth-order valence-corrected chi connectivity index (χ4v) is 1.81. The average Bonchev–Trinajstić information content (AvgIpc) is 2.45. The summed E-state index contributed by atoms with van der Waals surface area (Å²) in [6.07, 6.45) is 0. The number of rotatable bonds is 5.